The van der Waals surface area contributed by atoms with Gasteiger partial charge in [-0.15, -0.1) is 0 Å². The van der Waals surface area contributed by atoms with E-state index in [9.17, 15) is 18.4 Å². The van der Waals surface area contributed by atoms with Gasteiger partial charge in [-0.1, -0.05) is 30.0 Å². The van der Waals surface area contributed by atoms with Crippen LogP contribution in [0.1, 0.15) is 19.8 Å². The molecule has 1 amide bonds. The number of carbonyl (C=O) groups excluding carboxylic acids is 2. The number of ether oxygens (including phenoxy) is 2. The first kappa shape index (κ1) is 21.7. The number of amides is 1. The Hall–Kier alpha value is -2.61. The minimum absolute atomic E-state index is 0.129. The Morgan fingerprint density at radius 2 is 1.75 bits per heavy atom. The average molecular weight is 409 g/mol. The summed E-state index contributed by atoms with van der Waals surface area (Å²) in [5.41, 5.74) is 0.433. The second kappa shape index (κ2) is 11.3. The van der Waals surface area contributed by atoms with E-state index in [-0.39, 0.29) is 6.42 Å². The van der Waals surface area contributed by atoms with Crippen LogP contribution in [0.25, 0.3) is 0 Å². The van der Waals surface area contributed by atoms with E-state index in [0.29, 0.717) is 35.4 Å². The van der Waals surface area contributed by atoms with Gasteiger partial charge < -0.3 is 14.8 Å². The summed E-state index contributed by atoms with van der Waals surface area (Å²) < 4.78 is 35.2. The Bertz CT molecular complexity index is 757. The fourth-order valence-corrected chi connectivity index (χ4v) is 2.70. The molecule has 0 saturated heterocycles. The van der Waals surface area contributed by atoms with Crippen LogP contribution in [0.5, 0.6) is 5.75 Å². The van der Waals surface area contributed by atoms with E-state index < -0.39 is 23.7 Å². The molecule has 0 saturated carbocycles. The van der Waals surface area contributed by atoms with E-state index in [2.05, 4.69) is 5.32 Å². The maximum Gasteiger partial charge on any atom is 0.306 e. The molecule has 8 heteroatoms. The topological polar surface area (TPSA) is 64.6 Å². The van der Waals surface area contributed by atoms with Crippen molar-refractivity contribution < 1.29 is 27.8 Å². The van der Waals surface area contributed by atoms with Crippen molar-refractivity contribution in [2.45, 2.75) is 36.5 Å². The lowest BCUT2D eigenvalue weighted by Crippen LogP contribution is -2.30. The highest BCUT2D eigenvalue weighted by Gasteiger charge is 2.18. The molecule has 0 fully saturated rings. The molecule has 0 radical (unpaired) electrons. The third-order valence-electron chi connectivity index (χ3n) is 3.56. The molecule has 0 bridgehead atoms. The van der Waals surface area contributed by atoms with Crippen molar-refractivity contribution in [2.24, 2.45) is 0 Å². The molecule has 2 rings (SSSR count). The summed E-state index contributed by atoms with van der Waals surface area (Å²) in [6.07, 6.45) is -0.382. The van der Waals surface area contributed by atoms with Crippen LogP contribution in [-0.2, 0) is 14.3 Å². The van der Waals surface area contributed by atoms with E-state index in [1.807, 2.05) is 30.3 Å². The van der Waals surface area contributed by atoms with E-state index in [1.54, 1.807) is 0 Å². The van der Waals surface area contributed by atoms with Crippen molar-refractivity contribution in [3.05, 3.63) is 54.6 Å². The van der Waals surface area contributed by atoms with Crippen LogP contribution in [0.15, 0.2) is 59.5 Å². The number of thioether (sulfide) groups is 1. The van der Waals surface area contributed by atoms with Gasteiger partial charge in [-0.25, -0.2) is 0 Å². The highest BCUT2D eigenvalue weighted by molar-refractivity contribution is 7.99. The summed E-state index contributed by atoms with van der Waals surface area (Å²) in [6, 6.07) is 15.2. The van der Waals surface area contributed by atoms with Gasteiger partial charge >= 0.3 is 5.97 Å². The number of alkyl halides is 2. The zero-order valence-electron chi connectivity index (χ0n) is 15.3. The van der Waals surface area contributed by atoms with Gasteiger partial charge in [0.25, 0.3) is 11.7 Å². The van der Waals surface area contributed by atoms with Crippen molar-refractivity contribution >= 4 is 29.3 Å². The predicted octanol–water partition coefficient (Wildman–Crippen LogP) is 4.73. The number of hydrogen-bond donors (Lipinski definition) is 1. The standard InChI is InChI=1S/C20H21F2NO4S/c1-14(19(25)23-15-9-11-17(12-10-15)28-20(21)22)27-18(24)8-5-13-26-16-6-3-2-4-7-16/h2-4,6-7,9-12,14,20H,5,8,13H2,1H3,(H,23,25)/t14-/m0/s1. The van der Waals surface area contributed by atoms with Gasteiger partial charge in [-0.05, 0) is 49.7 Å². The summed E-state index contributed by atoms with van der Waals surface area (Å²) in [5, 5.41) is 2.58. The number of nitrogens with one attached hydrogen (secondary N) is 1. The van der Waals surface area contributed by atoms with E-state index in [4.69, 9.17) is 9.47 Å². The lowest BCUT2D eigenvalue weighted by atomic mass is 10.3. The Kier molecular flexibility index (Phi) is 8.74. The maximum absolute atomic E-state index is 12.3. The van der Waals surface area contributed by atoms with Crippen LogP contribution in [0.2, 0.25) is 0 Å². The van der Waals surface area contributed by atoms with Gasteiger partial charge in [-0.2, -0.15) is 8.78 Å². The molecule has 2 aromatic carbocycles. The van der Waals surface area contributed by atoms with Gasteiger partial charge in [0.15, 0.2) is 6.10 Å². The first-order valence-corrected chi connectivity index (χ1v) is 9.55. The number of carbonyl (C=O) groups is 2. The zero-order chi connectivity index (χ0) is 20.4. The van der Waals surface area contributed by atoms with E-state index >= 15 is 0 Å². The first-order valence-electron chi connectivity index (χ1n) is 8.67. The number of esters is 1. The largest absolute Gasteiger partial charge is 0.494 e. The number of anilines is 1. The predicted molar refractivity (Wildman–Crippen MR) is 104 cm³/mol. The fourth-order valence-electron chi connectivity index (χ4n) is 2.20. The molecule has 150 valence electrons. The lowest BCUT2D eigenvalue weighted by molar-refractivity contribution is -0.153. The first-order chi connectivity index (χ1) is 13.4. The molecule has 0 aromatic heterocycles. The molecule has 0 aliphatic rings. The second-order valence-electron chi connectivity index (χ2n) is 5.79. The zero-order valence-corrected chi connectivity index (χ0v) is 16.1. The second-order valence-corrected chi connectivity index (χ2v) is 6.85. The van der Waals surface area contributed by atoms with Gasteiger partial charge in [-0.3, -0.25) is 9.59 Å². The van der Waals surface area contributed by atoms with Gasteiger partial charge in [0.05, 0.1) is 6.61 Å². The number of benzene rings is 2. The molecule has 0 heterocycles. The van der Waals surface area contributed by atoms with Crippen molar-refractivity contribution in [1.82, 2.24) is 0 Å². The summed E-state index contributed by atoms with van der Waals surface area (Å²) in [6.45, 7) is 1.83. The van der Waals surface area contributed by atoms with Gasteiger partial charge in [0.2, 0.25) is 0 Å². The van der Waals surface area contributed by atoms with Crippen molar-refractivity contribution in [2.75, 3.05) is 11.9 Å². The molecule has 0 unspecified atom stereocenters. The molecule has 1 N–H and O–H groups in total. The Labute approximate surface area is 166 Å². The number of para-hydroxylation sites is 1. The summed E-state index contributed by atoms with van der Waals surface area (Å²) in [5.74, 6) is -2.77. The Balaban J connectivity index is 1.68. The van der Waals surface area contributed by atoms with E-state index in [0.717, 1.165) is 5.75 Å². The number of halogens is 2. The van der Waals surface area contributed by atoms with Gasteiger partial charge in [0, 0.05) is 17.0 Å². The molecule has 2 aromatic rings. The van der Waals surface area contributed by atoms with Gasteiger partial charge in [0.1, 0.15) is 5.75 Å². The summed E-state index contributed by atoms with van der Waals surface area (Å²) in [7, 11) is 0. The molecule has 1 atom stereocenters. The van der Waals surface area contributed by atoms with Crippen LogP contribution < -0.4 is 10.1 Å². The van der Waals surface area contributed by atoms with Crippen molar-refractivity contribution in [3.8, 4) is 5.75 Å². The number of rotatable bonds is 10. The molecule has 0 aliphatic carbocycles. The fraction of sp³-hybridized carbons (Fsp3) is 0.300. The highest BCUT2D eigenvalue weighted by Crippen LogP contribution is 2.26. The van der Waals surface area contributed by atoms with E-state index in [1.165, 1.54) is 31.2 Å². The minimum atomic E-state index is -2.50. The molecular weight excluding hydrogens is 388 g/mol. The normalized spacial score (nSPS) is 11.7. The number of hydrogen-bond acceptors (Lipinski definition) is 5. The van der Waals surface area contributed by atoms with Crippen LogP contribution in [0.4, 0.5) is 14.5 Å². The van der Waals surface area contributed by atoms with Crippen LogP contribution in [-0.4, -0.2) is 30.3 Å². The summed E-state index contributed by atoms with van der Waals surface area (Å²) in [4.78, 5) is 24.3. The molecule has 0 aliphatic heterocycles. The minimum Gasteiger partial charge on any atom is -0.494 e. The summed E-state index contributed by atoms with van der Waals surface area (Å²) >= 11 is 0.423. The quantitative estimate of drug-likeness (QED) is 0.349. The third kappa shape index (κ3) is 7.96. The SMILES string of the molecule is C[C@H](OC(=O)CCCOc1ccccc1)C(=O)Nc1ccc(SC(F)F)cc1. The molecule has 0 spiro atoms. The monoisotopic (exact) mass is 409 g/mol. The van der Waals surface area contributed by atoms with Crippen LogP contribution >= 0.6 is 11.8 Å². The highest BCUT2D eigenvalue weighted by atomic mass is 32.2. The molecular formula is C20H21F2NO4S. The molecule has 5 nitrogen and oxygen atoms in total. The lowest BCUT2D eigenvalue weighted by Gasteiger charge is -2.14. The molecule has 28 heavy (non-hydrogen) atoms. The van der Waals surface area contributed by atoms with Crippen LogP contribution in [0.3, 0.4) is 0 Å². The van der Waals surface area contributed by atoms with Crippen LogP contribution in [0, 0.1) is 0 Å². The smallest absolute Gasteiger partial charge is 0.306 e. The maximum atomic E-state index is 12.3. The van der Waals surface area contributed by atoms with Crippen molar-refractivity contribution in [1.29, 1.82) is 0 Å². The Morgan fingerprint density at radius 1 is 1.07 bits per heavy atom. The average Bonchev–Trinajstić information content (AvgIpc) is 2.67. The third-order valence-corrected chi connectivity index (χ3v) is 4.28. The Morgan fingerprint density at radius 3 is 2.39 bits per heavy atom. The van der Waals surface area contributed by atoms with Crippen molar-refractivity contribution in [3.63, 3.8) is 0 Å².